The summed E-state index contributed by atoms with van der Waals surface area (Å²) in [6.45, 7) is 4.45. The van der Waals surface area contributed by atoms with Crippen molar-refractivity contribution in [3.63, 3.8) is 0 Å². The molecule has 5 aromatic rings. The van der Waals surface area contributed by atoms with Gasteiger partial charge in [-0.15, -0.1) is 0 Å². The molecule has 2 aromatic carbocycles. The molecule has 0 fully saturated rings. The number of oxazole rings is 1. The third kappa shape index (κ3) is 6.83. The molecule has 9 nitrogen and oxygen atoms in total. The van der Waals surface area contributed by atoms with Gasteiger partial charge in [-0.05, 0) is 42.3 Å². The Hall–Kier alpha value is -4.57. The first-order valence-electron chi connectivity index (χ1n) is 14.2. The predicted molar refractivity (Wildman–Crippen MR) is 159 cm³/mol. The van der Waals surface area contributed by atoms with Gasteiger partial charge in [0.05, 0.1) is 30.4 Å². The normalized spacial score (nSPS) is 11.2. The van der Waals surface area contributed by atoms with E-state index in [9.17, 15) is 9.18 Å². The van der Waals surface area contributed by atoms with Gasteiger partial charge in [0, 0.05) is 44.2 Å². The second kappa shape index (κ2) is 13.9. The van der Waals surface area contributed by atoms with Gasteiger partial charge >= 0.3 is 0 Å². The smallest absolute Gasteiger partial charge is 0.273 e. The Bertz CT molecular complexity index is 1650. The number of aromatic nitrogens is 4. The van der Waals surface area contributed by atoms with E-state index in [1.54, 1.807) is 7.11 Å². The standard InChI is InChI=1S/C32H35FN6O3/c1-3-4-18-39-28-12-11-22(23-8-5-6-10-29(23)41-2)19-25(28)37-30(39)13-16-34-17-14-31-38-27(21-42-31)32(40)36-20-26-24(33)9-7-15-35-26/h5-12,15,19,21,34H,3-4,13-14,16-18,20H2,1-2H3,(H,36,40). The molecule has 10 heteroatoms. The molecule has 0 spiro atoms. The molecule has 5 rings (SSSR count). The number of amides is 1. The minimum atomic E-state index is -0.469. The number of ether oxygens (including phenoxy) is 1. The van der Waals surface area contributed by atoms with Crippen LogP contribution in [0.2, 0.25) is 0 Å². The van der Waals surface area contributed by atoms with Crippen molar-refractivity contribution in [2.45, 2.75) is 45.7 Å². The molecule has 42 heavy (non-hydrogen) atoms. The van der Waals surface area contributed by atoms with Gasteiger partial charge in [0.25, 0.3) is 5.91 Å². The number of carbonyl (C=O) groups excluding carboxylic acids is 1. The number of para-hydroxylation sites is 1. The van der Waals surface area contributed by atoms with Crippen molar-refractivity contribution < 1.29 is 18.3 Å². The number of hydrogen-bond donors (Lipinski definition) is 2. The highest BCUT2D eigenvalue weighted by molar-refractivity contribution is 5.91. The van der Waals surface area contributed by atoms with Crippen LogP contribution in [0.25, 0.3) is 22.2 Å². The Kier molecular flexibility index (Phi) is 9.55. The van der Waals surface area contributed by atoms with Crippen LogP contribution in [0.4, 0.5) is 4.39 Å². The summed E-state index contributed by atoms with van der Waals surface area (Å²) >= 11 is 0. The number of nitrogens with zero attached hydrogens (tertiary/aromatic N) is 4. The monoisotopic (exact) mass is 570 g/mol. The third-order valence-electron chi connectivity index (χ3n) is 7.06. The van der Waals surface area contributed by atoms with E-state index in [4.69, 9.17) is 14.1 Å². The Morgan fingerprint density at radius 3 is 2.76 bits per heavy atom. The van der Waals surface area contributed by atoms with Crippen LogP contribution in [0.5, 0.6) is 5.75 Å². The number of unbranched alkanes of at least 4 members (excludes halogenated alkanes) is 1. The van der Waals surface area contributed by atoms with Gasteiger partial charge in [0.1, 0.15) is 23.7 Å². The SMILES string of the molecule is CCCCn1c(CCNCCc2nc(C(=O)NCc3ncccc3F)co2)nc2cc(-c3ccccc3OC)ccc21. The van der Waals surface area contributed by atoms with Gasteiger partial charge in [-0.2, -0.15) is 0 Å². The van der Waals surface area contributed by atoms with Crippen LogP contribution in [0.1, 0.15) is 47.7 Å². The molecule has 0 atom stereocenters. The van der Waals surface area contributed by atoms with Crippen molar-refractivity contribution >= 4 is 16.9 Å². The summed E-state index contributed by atoms with van der Waals surface area (Å²) in [5.41, 5.74) is 4.54. The molecule has 1 amide bonds. The summed E-state index contributed by atoms with van der Waals surface area (Å²) in [6, 6.07) is 17.2. The number of pyridine rings is 1. The zero-order valence-corrected chi connectivity index (χ0v) is 23.9. The Balaban J connectivity index is 1.16. The summed E-state index contributed by atoms with van der Waals surface area (Å²) < 4.78 is 27.1. The quantitative estimate of drug-likeness (QED) is 0.174. The molecule has 0 saturated heterocycles. The molecule has 0 bridgehead atoms. The van der Waals surface area contributed by atoms with Crippen LogP contribution in [-0.4, -0.2) is 45.6 Å². The molecule has 3 heterocycles. The van der Waals surface area contributed by atoms with E-state index in [1.165, 1.54) is 24.6 Å². The molecule has 0 saturated carbocycles. The zero-order valence-electron chi connectivity index (χ0n) is 23.9. The van der Waals surface area contributed by atoms with E-state index in [0.29, 0.717) is 18.9 Å². The lowest BCUT2D eigenvalue weighted by Gasteiger charge is -2.10. The molecule has 0 radical (unpaired) electrons. The van der Waals surface area contributed by atoms with E-state index in [1.807, 2.05) is 18.2 Å². The highest BCUT2D eigenvalue weighted by atomic mass is 19.1. The average Bonchev–Trinajstić information content (AvgIpc) is 3.63. The number of nitrogens with one attached hydrogen (secondary N) is 2. The van der Waals surface area contributed by atoms with Crippen LogP contribution in [0.15, 0.2) is 71.5 Å². The predicted octanol–water partition coefficient (Wildman–Crippen LogP) is 5.34. The van der Waals surface area contributed by atoms with E-state index in [2.05, 4.69) is 56.4 Å². The number of rotatable bonds is 14. The number of benzene rings is 2. The van der Waals surface area contributed by atoms with Gasteiger partial charge < -0.3 is 24.4 Å². The van der Waals surface area contributed by atoms with Crippen LogP contribution in [0, 0.1) is 5.82 Å². The first-order chi connectivity index (χ1) is 20.6. The van der Waals surface area contributed by atoms with E-state index in [0.717, 1.165) is 66.1 Å². The number of fused-ring (bicyclic) bond motifs is 1. The summed E-state index contributed by atoms with van der Waals surface area (Å²) in [7, 11) is 1.69. The van der Waals surface area contributed by atoms with Gasteiger partial charge in [0.15, 0.2) is 11.6 Å². The van der Waals surface area contributed by atoms with E-state index < -0.39 is 11.7 Å². The fourth-order valence-corrected chi connectivity index (χ4v) is 4.84. The van der Waals surface area contributed by atoms with Gasteiger partial charge in [-0.25, -0.2) is 14.4 Å². The maximum atomic E-state index is 13.7. The molecule has 0 aliphatic carbocycles. The van der Waals surface area contributed by atoms with Crippen molar-refractivity contribution in [1.29, 1.82) is 0 Å². The lowest BCUT2D eigenvalue weighted by molar-refractivity contribution is 0.0945. The first kappa shape index (κ1) is 28.9. The number of carbonyl (C=O) groups is 1. The largest absolute Gasteiger partial charge is 0.496 e. The van der Waals surface area contributed by atoms with Crippen LogP contribution < -0.4 is 15.4 Å². The van der Waals surface area contributed by atoms with Gasteiger partial charge in [-0.3, -0.25) is 9.78 Å². The molecule has 0 aliphatic heterocycles. The summed E-state index contributed by atoms with van der Waals surface area (Å²) in [4.78, 5) is 25.6. The molecule has 218 valence electrons. The molecule has 3 aromatic heterocycles. The van der Waals surface area contributed by atoms with E-state index in [-0.39, 0.29) is 17.9 Å². The Morgan fingerprint density at radius 2 is 1.93 bits per heavy atom. The van der Waals surface area contributed by atoms with Gasteiger partial charge in [-0.1, -0.05) is 37.6 Å². The highest BCUT2D eigenvalue weighted by Crippen LogP contribution is 2.32. The lowest BCUT2D eigenvalue weighted by Crippen LogP contribution is -2.24. The fraction of sp³-hybridized carbons (Fsp3) is 0.312. The topological polar surface area (TPSA) is 107 Å². The maximum Gasteiger partial charge on any atom is 0.273 e. The number of aryl methyl sites for hydroxylation is 1. The summed E-state index contributed by atoms with van der Waals surface area (Å²) in [5, 5.41) is 6.05. The highest BCUT2D eigenvalue weighted by Gasteiger charge is 2.15. The number of imidazole rings is 1. The number of methoxy groups -OCH3 is 1. The summed E-state index contributed by atoms with van der Waals surface area (Å²) in [5.74, 6) is 1.43. The molecular weight excluding hydrogens is 535 g/mol. The van der Waals surface area contributed by atoms with Crippen LogP contribution in [0.3, 0.4) is 0 Å². The second-order valence-corrected chi connectivity index (χ2v) is 9.93. The van der Waals surface area contributed by atoms with Crippen molar-refractivity contribution in [3.8, 4) is 16.9 Å². The van der Waals surface area contributed by atoms with Crippen LogP contribution >= 0.6 is 0 Å². The zero-order chi connectivity index (χ0) is 29.3. The average molecular weight is 571 g/mol. The second-order valence-electron chi connectivity index (χ2n) is 9.93. The number of hydrogen-bond acceptors (Lipinski definition) is 7. The van der Waals surface area contributed by atoms with Crippen molar-refractivity contribution in [1.82, 2.24) is 30.2 Å². The van der Waals surface area contributed by atoms with Crippen molar-refractivity contribution in [2.75, 3.05) is 20.2 Å². The third-order valence-corrected chi connectivity index (χ3v) is 7.06. The Labute approximate surface area is 244 Å². The van der Waals surface area contributed by atoms with Crippen molar-refractivity contribution in [2.24, 2.45) is 0 Å². The molecular formula is C32H35FN6O3. The lowest BCUT2D eigenvalue weighted by atomic mass is 10.0. The first-order valence-corrected chi connectivity index (χ1v) is 14.2. The van der Waals surface area contributed by atoms with Gasteiger partial charge in [0.2, 0.25) is 0 Å². The van der Waals surface area contributed by atoms with E-state index >= 15 is 0 Å². The fourth-order valence-electron chi connectivity index (χ4n) is 4.84. The molecule has 0 unspecified atom stereocenters. The minimum absolute atomic E-state index is 0.0277. The van der Waals surface area contributed by atoms with Crippen LogP contribution in [-0.2, 0) is 25.9 Å². The maximum absolute atomic E-state index is 13.7. The Morgan fingerprint density at radius 1 is 1.07 bits per heavy atom. The van der Waals surface area contributed by atoms with Crippen molar-refractivity contribution in [3.05, 3.63) is 96.0 Å². The summed E-state index contributed by atoms with van der Waals surface area (Å²) in [6.07, 6.45) is 6.27. The number of halogens is 1. The minimum Gasteiger partial charge on any atom is -0.496 e. The molecule has 2 N–H and O–H groups in total. The molecule has 0 aliphatic rings.